The molecule has 0 saturated carbocycles. The second kappa shape index (κ2) is 5.58. The molecule has 0 heterocycles. The Morgan fingerprint density at radius 2 is 2.21 bits per heavy atom. The fraction of sp³-hybridized carbons (Fsp3) is 0.300. The van der Waals surface area contributed by atoms with Crippen LogP contribution in [0.2, 0.25) is 5.02 Å². The molecule has 0 aliphatic heterocycles. The Bertz CT molecular complexity index is 326. The zero-order chi connectivity index (χ0) is 10.4. The Balaban J connectivity index is 2.47. The molecule has 0 aliphatic carbocycles. The number of nitriles is 1. The van der Waals surface area contributed by atoms with Crippen molar-refractivity contribution in [2.45, 2.75) is 13.0 Å². The van der Waals surface area contributed by atoms with Crippen molar-refractivity contribution in [2.75, 3.05) is 6.54 Å². The van der Waals surface area contributed by atoms with Crippen molar-refractivity contribution in [1.29, 1.82) is 5.26 Å². The molecule has 1 N–H and O–H groups in total. The standard InChI is InChI=1S/C10H10ClFN2/c11-9-4-8(5-10(12)6-9)7-14-3-1-2-13/h4-6,14H,1,3,7H2. The molecule has 2 nitrogen and oxygen atoms in total. The Labute approximate surface area is 87.3 Å². The van der Waals surface area contributed by atoms with Gasteiger partial charge in [-0.15, -0.1) is 0 Å². The minimum absolute atomic E-state index is 0.338. The van der Waals surface area contributed by atoms with Gasteiger partial charge in [0.05, 0.1) is 6.07 Å². The zero-order valence-corrected chi connectivity index (χ0v) is 8.31. The van der Waals surface area contributed by atoms with Gasteiger partial charge in [0.2, 0.25) is 0 Å². The van der Waals surface area contributed by atoms with Crippen LogP contribution in [0.15, 0.2) is 18.2 Å². The van der Waals surface area contributed by atoms with Crippen molar-refractivity contribution in [3.8, 4) is 6.07 Å². The Morgan fingerprint density at radius 1 is 1.43 bits per heavy atom. The Hall–Kier alpha value is -1.11. The van der Waals surface area contributed by atoms with E-state index in [4.69, 9.17) is 16.9 Å². The fourth-order valence-corrected chi connectivity index (χ4v) is 1.33. The number of nitrogens with zero attached hydrogens (tertiary/aromatic N) is 1. The molecule has 0 bridgehead atoms. The van der Waals surface area contributed by atoms with E-state index in [0.717, 1.165) is 5.56 Å². The van der Waals surface area contributed by atoms with Gasteiger partial charge in [0.1, 0.15) is 5.82 Å². The lowest BCUT2D eigenvalue weighted by molar-refractivity contribution is 0.621. The molecule has 0 radical (unpaired) electrons. The zero-order valence-electron chi connectivity index (χ0n) is 7.56. The minimum Gasteiger partial charge on any atom is -0.312 e. The average Bonchev–Trinajstić information content (AvgIpc) is 2.11. The second-order valence-electron chi connectivity index (χ2n) is 2.86. The summed E-state index contributed by atoms with van der Waals surface area (Å²) < 4.78 is 12.8. The van der Waals surface area contributed by atoms with Gasteiger partial charge < -0.3 is 5.32 Å². The third-order valence-electron chi connectivity index (χ3n) is 1.67. The van der Waals surface area contributed by atoms with E-state index in [0.29, 0.717) is 24.5 Å². The lowest BCUT2D eigenvalue weighted by Crippen LogP contribution is -2.14. The van der Waals surface area contributed by atoms with Gasteiger partial charge in [-0.2, -0.15) is 5.26 Å². The van der Waals surface area contributed by atoms with Gasteiger partial charge in [-0.3, -0.25) is 0 Å². The number of halogens is 2. The van der Waals surface area contributed by atoms with Crippen LogP contribution in [0.3, 0.4) is 0 Å². The number of nitrogens with one attached hydrogen (secondary N) is 1. The Morgan fingerprint density at radius 3 is 2.86 bits per heavy atom. The highest BCUT2D eigenvalue weighted by Crippen LogP contribution is 2.13. The van der Waals surface area contributed by atoms with E-state index in [1.165, 1.54) is 12.1 Å². The summed E-state index contributed by atoms with van der Waals surface area (Å²) in [7, 11) is 0. The maximum atomic E-state index is 12.8. The van der Waals surface area contributed by atoms with Crippen LogP contribution in [0.25, 0.3) is 0 Å². The SMILES string of the molecule is N#CCCNCc1cc(F)cc(Cl)c1. The summed E-state index contributed by atoms with van der Waals surface area (Å²) in [5.74, 6) is -0.338. The normalized spacial score (nSPS) is 9.79. The maximum Gasteiger partial charge on any atom is 0.125 e. The van der Waals surface area contributed by atoms with E-state index >= 15 is 0 Å². The second-order valence-corrected chi connectivity index (χ2v) is 3.30. The first-order chi connectivity index (χ1) is 6.72. The van der Waals surface area contributed by atoms with Gasteiger partial charge in [0.15, 0.2) is 0 Å². The molecular formula is C10H10ClFN2. The van der Waals surface area contributed by atoms with Crippen molar-refractivity contribution in [3.63, 3.8) is 0 Å². The predicted octanol–water partition coefficient (Wildman–Crippen LogP) is 2.48. The molecule has 0 unspecified atom stereocenters. The van der Waals surface area contributed by atoms with Crippen molar-refractivity contribution in [3.05, 3.63) is 34.6 Å². The lowest BCUT2D eigenvalue weighted by atomic mass is 10.2. The third kappa shape index (κ3) is 3.73. The monoisotopic (exact) mass is 212 g/mol. The van der Waals surface area contributed by atoms with Crippen molar-refractivity contribution in [1.82, 2.24) is 5.32 Å². The van der Waals surface area contributed by atoms with Crippen LogP contribution >= 0.6 is 11.6 Å². The lowest BCUT2D eigenvalue weighted by Gasteiger charge is -2.03. The van der Waals surface area contributed by atoms with Gasteiger partial charge in [-0.1, -0.05) is 11.6 Å². The molecule has 0 spiro atoms. The van der Waals surface area contributed by atoms with Crippen LogP contribution in [-0.2, 0) is 6.54 Å². The highest BCUT2D eigenvalue weighted by Gasteiger charge is 1.98. The van der Waals surface area contributed by atoms with Crippen molar-refractivity contribution < 1.29 is 4.39 Å². The summed E-state index contributed by atoms with van der Waals surface area (Å²) in [5.41, 5.74) is 0.785. The molecular weight excluding hydrogens is 203 g/mol. The van der Waals surface area contributed by atoms with Gasteiger partial charge in [0, 0.05) is 24.5 Å². The molecule has 0 aromatic heterocycles. The number of rotatable bonds is 4. The van der Waals surface area contributed by atoms with Gasteiger partial charge >= 0.3 is 0 Å². The maximum absolute atomic E-state index is 12.8. The molecule has 74 valence electrons. The first-order valence-electron chi connectivity index (χ1n) is 4.25. The summed E-state index contributed by atoms with van der Waals surface area (Å²) in [6, 6.07) is 6.40. The fourth-order valence-electron chi connectivity index (χ4n) is 1.09. The summed E-state index contributed by atoms with van der Waals surface area (Å²) in [5, 5.41) is 11.7. The molecule has 0 amide bonds. The molecule has 1 rings (SSSR count). The van der Waals surface area contributed by atoms with E-state index in [1.807, 2.05) is 6.07 Å². The van der Waals surface area contributed by atoms with E-state index in [9.17, 15) is 4.39 Å². The minimum atomic E-state index is -0.338. The first-order valence-corrected chi connectivity index (χ1v) is 4.63. The van der Waals surface area contributed by atoms with Gasteiger partial charge in [-0.25, -0.2) is 4.39 Å². The molecule has 14 heavy (non-hydrogen) atoms. The van der Waals surface area contributed by atoms with Gasteiger partial charge in [-0.05, 0) is 23.8 Å². The van der Waals surface area contributed by atoms with Crippen LogP contribution in [0.5, 0.6) is 0 Å². The summed E-state index contributed by atoms with van der Waals surface area (Å²) in [6.07, 6.45) is 0.447. The van der Waals surface area contributed by atoms with Crippen molar-refractivity contribution in [2.24, 2.45) is 0 Å². The first kappa shape index (κ1) is 11.0. The highest BCUT2D eigenvalue weighted by molar-refractivity contribution is 6.30. The summed E-state index contributed by atoms with van der Waals surface area (Å²) in [6.45, 7) is 1.13. The number of hydrogen-bond donors (Lipinski definition) is 1. The number of hydrogen-bond acceptors (Lipinski definition) is 2. The topological polar surface area (TPSA) is 35.8 Å². The molecule has 0 fully saturated rings. The summed E-state index contributed by atoms with van der Waals surface area (Å²) >= 11 is 5.67. The van der Waals surface area contributed by atoms with E-state index in [-0.39, 0.29) is 5.82 Å². The smallest absolute Gasteiger partial charge is 0.125 e. The molecule has 0 aliphatic rings. The number of benzene rings is 1. The molecule has 0 atom stereocenters. The van der Waals surface area contributed by atoms with Crippen LogP contribution < -0.4 is 5.32 Å². The predicted molar refractivity (Wildman–Crippen MR) is 53.3 cm³/mol. The van der Waals surface area contributed by atoms with Crippen LogP contribution in [0.1, 0.15) is 12.0 Å². The molecule has 1 aromatic carbocycles. The van der Waals surface area contributed by atoms with Crippen LogP contribution in [0, 0.1) is 17.1 Å². The average molecular weight is 213 g/mol. The molecule has 1 aromatic rings. The largest absolute Gasteiger partial charge is 0.312 e. The van der Waals surface area contributed by atoms with Gasteiger partial charge in [0.25, 0.3) is 0 Å². The Kier molecular flexibility index (Phi) is 4.37. The van der Waals surface area contributed by atoms with Crippen LogP contribution in [0.4, 0.5) is 4.39 Å². The van der Waals surface area contributed by atoms with E-state index in [2.05, 4.69) is 5.32 Å². The van der Waals surface area contributed by atoms with Crippen molar-refractivity contribution >= 4 is 11.6 Å². The highest BCUT2D eigenvalue weighted by atomic mass is 35.5. The quantitative estimate of drug-likeness (QED) is 0.779. The molecule has 4 heteroatoms. The van der Waals surface area contributed by atoms with E-state index < -0.39 is 0 Å². The third-order valence-corrected chi connectivity index (χ3v) is 1.88. The van der Waals surface area contributed by atoms with E-state index in [1.54, 1.807) is 6.07 Å². The summed E-state index contributed by atoms with van der Waals surface area (Å²) in [4.78, 5) is 0. The van der Waals surface area contributed by atoms with Crippen LogP contribution in [-0.4, -0.2) is 6.54 Å². The molecule has 0 saturated heterocycles.